The summed E-state index contributed by atoms with van der Waals surface area (Å²) in [4.78, 5) is 63.5. The molecule has 17 heteroatoms. The van der Waals surface area contributed by atoms with Crippen LogP contribution in [0.4, 0.5) is 4.79 Å². The zero-order chi connectivity index (χ0) is 42.6. The van der Waals surface area contributed by atoms with Gasteiger partial charge >= 0.3 is 12.1 Å². The number of pyridine rings is 3. The first kappa shape index (κ1) is 39.7. The summed E-state index contributed by atoms with van der Waals surface area (Å²) in [5.41, 5.74) is 2.90. The van der Waals surface area contributed by atoms with E-state index >= 15 is 0 Å². The van der Waals surface area contributed by atoms with Crippen LogP contribution in [0.25, 0.3) is 39.4 Å². The van der Waals surface area contributed by atoms with Gasteiger partial charge in [0.05, 0.1) is 46.5 Å². The van der Waals surface area contributed by atoms with Gasteiger partial charge in [-0.25, -0.2) is 14.6 Å². The van der Waals surface area contributed by atoms with E-state index < -0.39 is 23.6 Å². The van der Waals surface area contributed by atoms with E-state index in [9.17, 15) is 34.5 Å². The summed E-state index contributed by atoms with van der Waals surface area (Å²) >= 11 is 0. The van der Waals surface area contributed by atoms with Gasteiger partial charge in [0.15, 0.2) is 11.4 Å². The normalized spacial score (nSPS) is 15.3. The Kier molecular flexibility index (Phi) is 10.1. The van der Waals surface area contributed by atoms with Crippen molar-refractivity contribution in [2.24, 2.45) is 0 Å². The number of hydrogen-bond acceptors (Lipinski definition) is 13. The number of carbonyl (C=O) groups is 3. The molecule has 0 aliphatic carbocycles. The van der Waals surface area contributed by atoms with Crippen LogP contribution in [0.1, 0.15) is 78.5 Å². The van der Waals surface area contributed by atoms with Gasteiger partial charge in [-0.1, -0.05) is 27.7 Å². The third kappa shape index (κ3) is 6.56. The highest BCUT2D eigenvalue weighted by Crippen LogP contribution is 2.41. The van der Waals surface area contributed by atoms with Crippen molar-refractivity contribution in [3.8, 4) is 45.7 Å². The summed E-state index contributed by atoms with van der Waals surface area (Å²) < 4.78 is 14.0. The maximum atomic E-state index is 13.7. The maximum absolute atomic E-state index is 13.7. The second kappa shape index (κ2) is 15.2. The molecule has 0 saturated carbocycles. The molecule has 1 unspecified atom stereocenters. The molecule has 0 spiro atoms. The van der Waals surface area contributed by atoms with Crippen LogP contribution in [0.5, 0.6) is 17.2 Å². The minimum atomic E-state index is -1.93. The molecule has 0 bridgehead atoms. The topological polar surface area (TPSA) is 224 Å². The van der Waals surface area contributed by atoms with Crippen molar-refractivity contribution in [1.29, 1.82) is 0 Å². The average molecular weight is 815 g/mol. The van der Waals surface area contributed by atoms with Crippen molar-refractivity contribution in [1.82, 2.24) is 39.5 Å². The quantitative estimate of drug-likeness (QED) is 0.138. The zero-order valence-electron chi connectivity index (χ0n) is 33.5. The fourth-order valence-corrected chi connectivity index (χ4v) is 7.87. The lowest BCUT2D eigenvalue weighted by Crippen LogP contribution is -2.44. The number of aromatic nitrogens is 6. The van der Waals surface area contributed by atoms with Crippen LogP contribution >= 0.6 is 0 Å². The standard InChI is InChI=1S/C43H42N8O9/c1-6-25-27-15-24(10-11-32(27)46-36-29(25)20-50-33(36)17-31-30(40(50)55)21-59-41(56)43(31,58)7-2)60-42(57)49(5)14-13-45-39(54)38-48-47-37(51(38)23-9-8-12-44-19-23)28-16-26(22(3)4)34(52)18-35(28)53/h8-12,15-19,22,52-53,58H,6-7,13-14,20-21H2,1-5H3,(H,45,54). The van der Waals surface area contributed by atoms with E-state index in [-0.39, 0.29) is 89.7 Å². The number of aryl methyl sites for hydroxylation is 1. The highest BCUT2D eigenvalue weighted by atomic mass is 16.6. The van der Waals surface area contributed by atoms with Crippen LogP contribution in [0, 0.1) is 0 Å². The number of phenols is 2. The molecule has 0 saturated heterocycles. The van der Waals surface area contributed by atoms with Gasteiger partial charge < -0.3 is 39.6 Å². The number of ether oxygens (including phenoxy) is 2. The highest BCUT2D eigenvalue weighted by Gasteiger charge is 2.45. The fraction of sp³-hybridized carbons (Fsp3) is 0.302. The molecule has 308 valence electrons. The van der Waals surface area contributed by atoms with Crippen LogP contribution in [0.15, 0.2) is 65.7 Å². The second-order valence-electron chi connectivity index (χ2n) is 15.1. The predicted octanol–water partition coefficient (Wildman–Crippen LogP) is 4.68. The van der Waals surface area contributed by atoms with Gasteiger partial charge in [0.1, 0.15) is 23.9 Å². The molecule has 2 amide bonds. The molecule has 4 N–H and O–H groups in total. The molecule has 8 rings (SSSR count). The van der Waals surface area contributed by atoms with Gasteiger partial charge in [-0.2, -0.15) is 0 Å². The Balaban J connectivity index is 0.987. The Labute approximate surface area is 342 Å². The summed E-state index contributed by atoms with van der Waals surface area (Å²) in [6.45, 7) is 7.53. The molecular formula is C43H42N8O9. The first-order valence-corrected chi connectivity index (χ1v) is 19.5. The Morgan fingerprint density at radius 3 is 2.57 bits per heavy atom. The first-order valence-electron chi connectivity index (χ1n) is 19.5. The van der Waals surface area contributed by atoms with Crippen LogP contribution in [0.3, 0.4) is 0 Å². The third-order valence-electron chi connectivity index (χ3n) is 11.2. The Bertz CT molecular complexity index is 2800. The lowest BCUT2D eigenvalue weighted by Gasteiger charge is -2.31. The maximum Gasteiger partial charge on any atom is 0.415 e. The van der Waals surface area contributed by atoms with E-state index in [0.717, 1.165) is 16.5 Å². The van der Waals surface area contributed by atoms with E-state index in [1.807, 2.05) is 20.8 Å². The number of cyclic esters (lactones) is 1. The number of nitrogens with zero attached hydrogens (tertiary/aromatic N) is 7. The lowest BCUT2D eigenvalue weighted by molar-refractivity contribution is -0.172. The molecule has 60 heavy (non-hydrogen) atoms. The molecule has 1 atom stereocenters. The van der Waals surface area contributed by atoms with E-state index in [0.29, 0.717) is 34.6 Å². The molecule has 0 fully saturated rings. The molecule has 2 aromatic carbocycles. The summed E-state index contributed by atoms with van der Waals surface area (Å²) in [5.74, 6) is -1.45. The largest absolute Gasteiger partial charge is 0.508 e. The smallest absolute Gasteiger partial charge is 0.415 e. The van der Waals surface area contributed by atoms with Gasteiger partial charge in [0, 0.05) is 48.9 Å². The number of hydrogen-bond donors (Lipinski definition) is 4. The average Bonchev–Trinajstić information content (AvgIpc) is 3.84. The molecule has 0 radical (unpaired) electrons. The number of likely N-dealkylation sites (N-methyl/N-ethyl adjacent to an activating group) is 1. The highest BCUT2D eigenvalue weighted by molar-refractivity contribution is 5.93. The van der Waals surface area contributed by atoms with Gasteiger partial charge in [-0.05, 0) is 72.4 Å². The number of amides is 2. The van der Waals surface area contributed by atoms with Crippen molar-refractivity contribution in [3.63, 3.8) is 0 Å². The number of fused-ring (bicyclic) bond motifs is 5. The van der Waals surface area contributed by atoms with E-state index in [2.05, 4.69) is 20.5 Å². The van der Waals surface area contributed by atoms with Crippen molar-refractivity contribution >= 4 is 28.9 Å². The molecule has 17 nitrogen and oxygen atoms in total. The second-order valence-corrected chi connectivity index (χ2v) is 15.1. The number of rotatable bonds is 10. The van der Waals surface area contributed by atoms with Crippen molar-refractivity contribution in [2.75, 3.05) is 20.1 Å². The minimum absolute atomic E-state index is 0.0225. The van der Waals surface area contributed by atoms with E-state index in [4.69, 9.17) is 14.5 Å². The number of aliphatic hydroxyl groups is 1. The summed E-state index contributed by atoms with van der Waals surface area (Å²) in [7, 11) is 1.53. The molecule has 2 aliphatic heterocycles. The number of nitrogens with one attached hydrogen (secondary N) is 1. The van der Waals surface area contributed by atoms with Crippen LogP contribution < -0.4 is 15.6 Å². The minimum Gasteiger partial charge on any atom is -0.508 e. The summed E-state index contributed by atoms with van der Waals surface area (Å²) in [5, 5.41) is 44.4. The summed E-state index contributed by atoms with van der Waals surface area (Å²) in [6.07, 6.45) is 3.03. The van der Waals surface area contributed by atoms with Gasteiger partial charge in [0.2, 0.25) is 5.82 Å². The van der Waals surface area contributed by atoms with Gasteiger partial charge in [-0.3, -0.25) is 19.1 Å². The fourth-order valence-electron chi connectivity index (χ4n) is 7.87. The number of esters is 1. The SMILES string of the molecule is CCc1c2c(nc3ccc(OC(=O)N(C)CCNC(=O)c4nnc(-c5cc(C(C)C)c(O)cc5O)n4-c4cccnc4)cc13)-c1cc3c(c(=O)n1C2)COC(=O)C3(O)CC. The first-order chi connectivity index (χ1) is 28.7. The van der Waals surface area contributed by atoms with Crippen molar-refractivity contribution in [3.05, 3.63) is 105 Å². The Morgan fingerprint density at radius 1 is 1.05 bits per heavy atom. The van der Waals surface area contributed by atoms with E-state index in [1.165, 1.54) is 28.8 Å². The van der Waals surface area contributed by atoms with Crippen LogP contribution in [-0.2, 0) is 34.7 Å². The van der Waals surface area contributed by atoms with Gasteiger partial charge in [0.25, 0.3) is 11.5 Å². The molecule has 6 aromatic rings. The van der Waals surface area contributed by atoms with Crippen LogP contribution in [-0.4, -0.2) is 87.6 Å². The van der Waals surface area contributed by atoms with Gasteiger partial charge in [-0.15, -0.1) is 10.2 Å². The Morgan fingerprint density at radius 2 is 1.85 bits per heavy atom. The van der Waals surface area contributed by atoms with Crippen molar-refractivity contribution < 1.29 is 39.2 Å². The Hall–Kier alpha value is -7.14. The molecule has 2 aliphatic rings. The predicted molar refractivity (Wildman–Crippen MR) is 217 cm³/mol. The van der Waals surface area contributed by atoms with E-state index in [1.54, 1.807) is 60.2 Å². The third-order valence-corrected chi connectivity index (χ3v) is 11.2. The lowest BCUT2D eigenvalue weighted by atomic mass is 9.86. The number of aromatic hydroxyl groups is 2. The number of phenolic OH excluding ortho intramolecular Hbond substituents is 2. The van der Waals surface area contributed by atoms with Crippen molar-refractivity contribution in [2.45, 2.75) is 65.2 Å². The van der Waals surface area contributed by atoms with Crippen LogP contribution in [0.2, 0.25) is 0 Å². The molecule has 6 heterocycles. The monoisotopic (exact) mass is 814 g/mol. The molecule has 4 aromatic heterocycles. The zero-order valence-corrected chi connectivity index (χ0v) is 33.5. The number of carbonyl (C=O) groups excluding carboxylic acids is 3. The summed E-state index contributed by atoms with van der Waals surface area (Å²) in [6, 6.07) is 13.0. The number of benzene rings is 2. The molecular weight excluding hydrogens is 773 g/mol.